The van der Waals surface area contributed by atoms with Crippen molar-refractivity contribution in [2.24, 2.45) is 0 Å². The molecule has 1 atom stereocenters. The SMILES string of the molecule is COc1ccc(CN2CCOCC2CC(=O)O)cc1O. The van der Waals surface area contributed by atoms with Gasteiger partial charge in [-0.05, 0) is 17.7 Å². The molecule has 0 aromatic heterocycles. The lowest BCUT2D eigenvalue weighted by Gasteiger charge is -2.34. The Morgan fingerprint density at radius 2 is 2.35 bits per heavy atom. The minimum Gasteiger partial charge on any atom is -0.504 e. The van der Waals surface area contributed by atoms with Crippen molar-refractivity contribution in [3.63, 3.8) is 0 Å². The molecule has 1 aliphatic rings. The van der Waals surface area contributed by atoms with E-state index in [1.807, 2.05) is 6.07 Å². The van der Waals surface area contributed by atoms with Crippen molar-refractivity contribution in [1.29, 1.82) is 0 Å². The summed E-state index contributed by atoms with van der Waals surface area (Å²) in [4.78, 5) is 12.9. The van der Waals surface area contributed by atoms with Crippen LogP contribution in [0.25, 0.3) is 0 Å². The van der Waals surface area contributed by atoms with Crippen LogP contribution >= 0.6 is 0 Å². The Morgan fingerprint density at radius 1 is 1.55 bits per heavy atom. The van der Waals surface area contributed by atoms with E-state index in [0.29, 0.717) is 32.1 Å². The molecular formula is C14H19NO5. The fourth-order valence-electron chi connectivity index (χ4n) is 2.36. The number of rotatable bonds is 5. The van der Waals surface area contributed by atoms with E-state index in [0.717, 1.165) is 5.56 Å². The predicted molar refractivity (Wildman–Crippen MR) is 71.9 cm³/mol. The summed E-state index contributed by atoms with van der Waals surface area (Å²) in [5.74, 6) is -0.311. The largest absolute Gasteiger partial charge is 0.504 e. The predicted octanol–water partition coefficient (Wildman–Crippen LogP) is 1.08. The maximum atomic E-state index is 10.9. The Balaban J connectivity index is 2.06. The molecule has 1 saturated heterocycles. The fourth-order valence-corrected chi connectivity index (χ4v) is 2.36. The highest BCUT2D eigenvalue weighted by Crippen LogP contribution is 2.27. The fraction of sp³-hybridized carbons (Fsp3) is 0.500. The normalized spacial score (nSPS) is 19.8. The molecule has 1 aromatic rings. The first-order chi connectivity index (χ1) is 9.60. The third-order valence-electron chi connectivity index (χ3n) is 3.39. The van der Waals surface area contributed by atoms with Crippen LogP contribution in [0.2, 0.25) is 0 Å². The van der Waals surface area contributed by atoms with E-state index in [2.05, 4.69) is 4.90 Å². The minimum atomic E-state index is -0.830. The lowest BCUT2D eigenvalue weighted by Crippen LogP contribution is -2.45. The molecule has 2 rings (SSSR count). The maximum Gasteiger partial charge on any atom is 0.305 e. The number of nitrogens with zero attached hydrogens (tertiary/aromatic N) is 1. The van der Waals surface area contributed by atoms with E-state index in [-0.39, 0.29) is 18.2 Å². The van der Waals surface area contributed by atoms with Crippen molar-refractivity contribution < 1.29 is 24.5 Å². The molecule has 2 N–H and O–H groups in total. The monoisotopic (exact) mass is 281 g/mol. The Hall–Kier alpha value is -1.79. The van der Waals surface area contributed by atoms with Crippen LogP contribution in [-0.2, 0) is 16.1 Å². The number of aliphatic carboxylic acids is 1. The van der Waals surface area contributed by atoms with Gasteiger partial charge in [0.1, 0.15) is 0 Å². The van der Waals surface area contributed by atoms with Crippen molar-refractivity contribution in [2.75, 3.05) is 26.9 Å². The molecule has 1 unspecified atom stereocenters. The molecule has 0 bridgehead atoms. The zero-order valence-electron chi connectivity index (χ0n) is 11.4. The Labute approximate surface area is 117 Å². The first-order valence-electron chi connectivity index (χ1n) is 6.49. The molecule has 110 valence electrons. The third kappa shape index (κ3) is 3.61. The summed E-state index contributed by atoms with van der Waals surface area (Å²) in [6.45, 7) is 2.29. The van der Waals surface area contributed by atoms with Crippen LogP contribution in [0.15, 0.2) is 18.2 Å². The van der Waals surface area contributed by atoms with Gasteiger partial charge in [0.05, 0.1) is 26.7 Å². The van der Waals surface area contributed by atoms with E-state index >= 15 is 0 Å². The molecule has 0 amide bonds. The standard InChI is InChI=1S/C14H19NO5/c1-19-13-3-2-10(6-12(13)16)8-15-4-5-20-9-11(15)7-14(17)18/h2-3,6,11,16H,4-5,7-9H2,1H3,(H,17,18). The molecule has 1 aromatic carbocycles. The number of carboxylic acids is 1. The Kier molecular flexibility index (Phi) is 4.81. The van der Waals surface area contributed by atoms with Gasteiger partial charge in [0.15, 0.2) is 11.5 Å². The minimum absolute atomic E-state index is 0.0577. The van der Waals surface area contributed by atoms with Crippen LogP contribution in [0.3, 0.4) is 0 Å². The highest BCUT2D eigenvalue weighted by Gasteiger charge is 2.25. The van der Waals surface area contributed by atoms with Gasteiger partial charge in [-0.1, -0.05) is 6.07 Å². The van der Waals surface area contributed by atoms with E-state index in [4.69, 9.17) is 14.6 Å². The molecule has 6 nitrogen and oxygen atoms in total. The van der Waals surface area contributed by atoms with Gasteiger partial charge in [-0.25, -0.2) is 0 Å². The molecule has 6 heteroatoms. The number of benzene rings is 1. The summed E-state index contributed by atoms with van der Waals surface area (Å²) in [6.07, 6.45) is 0.0577. The summed E-state index contributed by atoms with van der Waals surface area (Å²) in [7, 11) is 1.50. The highest BCUT2D eigenvalue weighted by molar-refractivity contribution is 5.67. The van der Waals surface area contributed by atoms with Gasteiger partial charge in [-0.3, -0.25) is 9.69 Å². The van der Waals surface area contributed by atoms with Crippen molar-refractivity contribution in [1.82, 2.24) is 4.90 Å². The summed E-state index contributed by atoms with van der Waals surface area (Å²) in [5.41, 5.74) is 0.917. The van der Waals surface area contributed by atoms with Gasteiger partial charge in [0.2, 0.25) is 0 Å². The first-order valence-corrected chi connectivity index (χ1v) is 6.49. The number of hydrogen-bond donors (Lipinski definition) is 2. The van der Waals surface area contributed by atoms with Gasteiger partial charge in [-0.2, -0.15) is 0 Å². The number of phenols is 1. The van der Waals surface area contributed by atoms with Crippen LogP contribution in [0.4, 0.5) is 0 Å². The van der Waals surface area contributed by atoms with E-state index in [1.54, 1.807) is 12.1 Å². The average Bonchev–Trinajstić information content (AvgIpc) is 2.41. The first kappa shape index (κ1) is 14.6. The summed E-state index contributed by atoms with van der Waals surface area (Å²) < 4.78 is 10.3. The van der Waals surface area contributed by atoms with Gasteiger partial charge >= 0.3 is 5.97 Å². The number of methoxy groups -OCH3 is 1. The molecule has 1 aliphatic heterocycles. The highest BCUT2D eigenvalue weighted by atomic mass is 16.5. The molecule has 0 spiro atoms. The zero-order chi connectivity index (χ0) is 14.5. The van der Waals surface area contributed by atoms with Crippen LogP contribution in [-0.4, -0.2) is 54.0 Å². The quantitative estimate of drug-likeness (QED) is 0.840. The lowest BCUT2D eigenvalue weighted by molar-refractivity contribution is -0.140. The zero-order valence-corrected chi connectivity index (χ0v) is 11.4. The van der Waals surface area contributed by atoms with Crippen LogP contribution in [0.1, 0.15) is 12.0 Å². The van der Waals surface area contributed by atoms with Crippen molar-refractivity contribution in [2.45, 2.75) is 19.0 Å². The van der Waals surface area contributed by atoms with Crippen LogP contribution < -0.4 is 4.74 Å². The number of hydrogen-bond acceptors (Lipinski definition) is 5. The average molecular weight is 281 g/mol. The number of aromatic hydroxyl groups is 1. The van der Waals surface area contributed by atoms with Gasteiger partial charge < -0.3 is 19.7 Å². The number of carboxylic acid groups (broad SMARTS) is 1. The molecule has 0 radical (unpaired) electrons. The van der Waals surface area contributed by atoms with Crippen LogP contribution in [0.5, 0.6) is 11.5 Å². The summed E-state index contributed by atoms with van der Waals surface area (Å²) in [5, 5.41) is 18.7. The molecule has 1 fully saturated rings. The second-order valence-corrected chi connectivity index (χ2v) is 4.80. The van der Waals surface area contributed by atoms with Crippen molar-refractivity contribution in [3.8, 4) is 11.5 Å². The summed E-state index contributed by atoms with van der Waals surface area (Å²) in [6, 6.07) is 5.08. The van der Waals surface area contributed by atoms with Crippen molar-refractivity contribution >= 4 is 5.97 Å². The third-order valence-corrected chi connectivity index (χ3v) is 3.39. The number of ether oxygens (including phenoxy) is 2. The maximum absolute atomic E-state index is 10.9. The molecule has 20 heavy (non-hydrogen) atoms. The topological polar surface area (TPSA) is 79.2 Å². The van der Waals surface area contributed by atoms with Gasteiger partial charge in [0, 0.05) is 19.1 Å². The van der Waals surface area contributed by atoms with Gasteiger partial charge in [0.25, 0.3) is 0 Å². The smallest absolute Gasteiger partial charge is 0.305 e. The van der Waals surface area contributed by atoms with Crippen LogP contribution in [0, 0.1) is 0 Å². The number of phenolic OH excluding ortho intramolecular Hbond substituents is 1. The van der Waals surface area contributed by atoms with Crippen molar-refractivity contribution in [3.05, 3.63) is 23.8 Å². The van der Waals surface area contributed by atoms with E-state index in [1.165, 1.54) is 7.11 Å². The molecule has 1 heterocycles. The number of carbonyl (C=O) groups is 1. The molecule has 0 aliphatic carbocycles. The van der Waals surface area contributed by atoms with E-state index in [9.17, 15) is 9.90 Å². The van der Waals surface area contributed by atoms with Gasteiger partial charge in [-0.15, -0.1) is 0 Å². The summed E-state index contributed by atoms with van der Waals surface area (Å²) >= 11 is 0. The molecular weight excluding hydrogens is 262 g/mol. The number of morpholine rings is 1. The Bertz CT molecular complexity index is 477. The second kappa shape index (κ2) is 6.58. The van der Waals surface area contributed by atoms with E-state index < -0.39 is 5.97 Å². The second-order valence-electron chi connectivity index (χ2n) is 4.80. The lowest BCUT2D eigenvalue weighted by atomic mass is 10.1. The Morgan fingerprint density at radius 3 is 3.00 bits per heavy atom. The molecule has 0 saturated carbocycles.